The molecule has 0 aromatic carbocycles. The number of rotatable bonds is 4. The Bertz CT molecular complexity index is 842. The predicted molar refractivity (Wildman–Crippen MR) is 95.3 cm³/mol. The first-order valence-electron chi connectivity index (χ1n) is 8.33. The van der Waals surface area contributed by atoms with Crippen LogP contribution in [-0.2, 0) is 18.2 Å². The van der Waals surface area contributed by atoms with E-state index in [1.165, 1.54) is 0 Å². The molecule has 1 N–H and O–H groups in total. The maximum Gasteiger partial charge on any atom is 0.138 e. The van der Waals surface area contributed by atoms with E-state index in [1.54, 1.807) is 11.3 Å². The van der Waals surface area contributed by atoms with Crippen molar-refractivity contribution in [3.63, 3.8) is 0 Å². The van der Waals surface area contributed by atoms with Crippen molar-refractivity contribution in [3.05, 3.63) is 35.5 Å². The molecule has 1 aliphatic rings. The van der Waals surface area contributed by atoms with Crippen molar-refractivity contribution in [2.75, 3.05) is 11.9 Å². The quantitative estimate of drug-likeness (QED) is 0.787. The average molecular weight is 343 g/mol. The Labute approximate surface area is 144 Å². The number of aryl methyl sites for hydroxylation is 2. The maximum atomic E-state index is 5.96. The van der Waals surface area contributed by atoms with Gasteiger partial charge in [0, 0.05) is 26.1 Å². The van der Waals surface area contributed by atoms with Gasteiger partial charge in [-0.05, 0) is 24.3 Å². The highest BCUT2D eigenvalue weighted by atomic mass is 32.1. The Hall–Kier alpha value is -1.99. The van der Waals surface area contributed by atoms with Crippen molar-refractivity contribution < 1.29 is 4.74 Å². The Morgan fingerprint density at radius 3 is 3.12 bits per heavy atom. The molecule has 1 aliphatic heterocycles. The van der Waals surface area contributed by atoms with Gasteiger partial charge in [-0.3, -0.25) is 0 Å². The molecule has 4 rings (SSSR count). The zero-order valence-corrected chi connectivity index (χ0v) is 14.7. The summed E-state index contributed by atoms with van der Waals surface area (Å²) in [4.78, 5) is 14.6. The van der Waals surface area contributed by atoms with Crippen molar-refractivity contribution >= 4 is 27.4 Å². The van der Waals surface area contributed by atoms with Gasteiger partial charge in [-0.15, -0.1) is 11.3 Å². The van der Waals surface area contributed by atoms with Gasteiger partial charge in [0.15, 0.2) is 0 Å². The molecule has 6 nitrogen and oxygen atoms in total. The molecule has 1 fully saturated rings. The fourth-order valence-corrected chi connectivity index (χ4v) is 3.96. The minimum atomic E-state index is 0.0780. The molecule has 4 heterocycles. The van der Waals surface area contributed by atoms with Gasteiger partial charge < -0.3 is 14.6 Å². The van der Waals surface area contributed by atoms with Crippen molar-refractivity contribution in [2.45, 2.75) is 38.3 Å². The van der Waals surface area contributed by atoms with Gasteiger partial charge in [0.25, 0.3) is 0 Å². The van der Waals surface area contributed by atoms with Crippen LogP contribution in [0.25, 0.3) is 10.2 Å². The van der Waals surface area contributed by atoms with Crippen molar-refractivity contribution in [2.24, 2.45) is 7.05 Å². The molecule has 2 atom stereocenters. The summed E-state index contributed by atoms with van der Waals surface area (Å²) in [5.41, 5.74) is 1.12. The second-order valence-electron chi connectivity index (χ2n) is 6.14. The van der Waals surface area contributed by atoms with E-state index in [-0.39, 0.29) is 6.10 Å². The summed E-state index contributed by atoms with van der Waals surface area (Å²) in [6.45, 7) is 2.83. The number of thiophene rings is 1. The second kappa shape index (κ2) is 6.49. The van der Waals surface area contributed by atoms with Crippen LogP contribution in [0.1, 0.15) is 37.4 Å². The molecule has 7 heteroatoms. The lowest BCUT2D eigenvalue weighted by molar-refractivity contribution is 0.00556. The molecule has 0 aliphatic carbocycles. The van der Waals surface area contributed by atoms with E-state index in [1.807, 2.05) is 24.1 Å². The first kappa shape index (κ1) is 15.5. The molecular weight excluding hydrogens is 322 g/mol. The van der Waals surface area contributed by atoms with Crippen molar-refractivity contribution in [1.29, 1.82) is 0 Å². The van der Waals surface area contributed by atoms with Crippen LogP contribution in [0.3, 0.4) is 0 Å². The third-order valence-electron chi connectivity index (χ3n) is 4.50. The predicted octanol–water partition coefficient (Wildman–Crippen LogP) is 3.32. The summed E-state index contributed by atoms with van der Waals surface area (Å²) >= 11 is 1.67. The summed E-state index contributed by atoms with van der Waals surface area (Å²) < 4.78 is 7.99. The molecule has 0 saturated carbocycles. The zero-order chi connectivity index (χ0) is 16.5. The summed E-state index contributed by atoms with van der Waals surface area (Å²) in [6.07, 6.45) is 6.52. The Kier molecular flexibility index (Phi) is 4.20. The fraction of sp³-hybridized carbons (Fsp3) is 0.471. The van der Waals surface area contributed by atoms with Gasteiger partial charge >= 0.3 is 0 Å². The van der Waals surface area contributed by atoms with Crippen molar-refractivity contribution in [3.8, 4) is 0 Å². The number of imidazole rings is 1. The van der Waals surface area contributed by atoms with E-state index < -0.39 is 0 Å². The van der Waals surface area contributed by atoms with E-state index in [0.717, 1.165) is 53.4 Å². The first-order valence-corrected chi connectivity index (χ1v) is 9.21. The van der Waals surface area contributed by atoms with Gasteiger partial charge in [-0.1, -0.05) is 6.92 Å². The minimum Gasteiger partial charge on any atom is -0.372 e. The van der Waals surface area contributed by atoms with Crippen LogP contribution in [0, 0.1) is 0 Å². The second-order valence-corrected chi connectivity index (χ2v) is 7.03. The first-order chi connectivity index (χ1) is 11.7. The normalized spacial score (nSPS) is 21.2. The molecule has 0 radical (unpaired) electrons. The Morgan fingerprint density at radius 1 is 1.42 bits per heavy atom. The highest BCUT2D eigenvalue weighted by molar-refractivity contribution is 7.16. The van der Waals surface area contributed by atoms with Crippen LogP contribution >= 0.6 is 11.3 Å². The number of aromatic nitrogens is 4. The molecular formula is C17H21N5OS. The van der Waals surface area contributed by atoms with E-state index >= 15 is 0 Å². The minimum absolute atomic E-state index is 0.0780. The topological polar surface area (TPSA) is 64.9 Å². The van der Waals surface area contributed by atoms with Gasteiger partial charge in [0.2, 0.25) is 0 Å². The van der Waals surface area contributed by atoms with Gasteiger partial charge in [-0.2, -0.15) is 0 Å². The number of fused-ring (bicyclic) bond motifs is 1. The number of anilines is 1. The van der Waals surface area contributed by atoms with Crippen LogP contribution < -0.4 is 5.32 Å². The molecule has 0 amide bonds. The lowest BCUT2D eigenvalue weighted by Crippen LogP contribution is -2.31. The van der Waals surface area contributed by atoms with Gasteiger partial charge in [0.1, 0.15) is 22.6 Å². The van der Waals surface area contributed by atoms with Crippen molar-refractivity contribution in [1.82, 2.24) is 19.5 Å². The smallest absolute Gasteiger partial charge is 0.138 e. The van der Waals surface area contributed by atoms with Crippen LogP contribution in [-0.4, -0.2) is 32.2 Å². The molecule has 0 bridgehead atoms. The Balaban J connectivity index is 1.57. The number of ether oxygens (including phenoxy) is 1. The number of hydrogen-bond acceptors (Lipinski definition) is 6. The van der Waals surface area contributed by atoms with Crippen LogP contribution in [0.4, 0.5) is 5.82 Å². The molecule has 1 saturated heterocycles. The molecule has 3 aromatic rings. The summed E-state index contributed by atoms with van der Waals surface area (Å²) in [7, 11) is 2.01. The monoisotopic (exact) mass is 343 g/mol. The number of hydrogen-bond donors (Lipinski definition) is 1. The van der Waals surface area contributed by atoms with Crippen LogP contribution in [0.15, 0.2) is 24.0 Å². The van der Waals surface area contributed by atoms with E-state index in [4.69, 9.17) is 9.72 Å². The van der Waals surface area contributed by atoms with E-state index in [2.05, 4.69) is 33.7 Å². The molecule has 0 spiro atoms. The summed E-state index contributed by atoms with van der Waals surface area (Å²) in [5, 5.41) is 6.83. The van der Waals surface area contributed by atoms with E-state index in [0.29, 0.717) is 6.04 Å². The zero-order valence-electron chi connectivity index (χ0n) is 13.9. The third kappa shape index (κ3) is 2.89. The fourth-order valence-electron chi connectivity index (χ4n) is 3.17. The molecule has 126 valence electrons. The highest BCUT2D eigenvalue weighted by Crippen LogP contribution is 2.31. The van der Waals surface area contributed by atoms with E-state index in [9.17, 15) is 0 Å². The average Bonchev–Trinajstić information content (AvgIpc) is 3.23. The number of nitrogens with one attached hydrogen (secondary N) is 1. The maximum absolute atomic E-state index is 5.96. The molecule has 3 aromatic heterocycles. The lowest BCUT2D eigenvalue weighted by Gasteiger charge is -2.30. The van der Waals surface area contributed by atoms with Crippen LogP contribution in [0.5, 0.6) is 0 Å². The third-order valence-corrected chi connectivity index (χ3v) is 5.30. The molecule has 0 unspecified atom stereocenters. The largest absolute Gasteiger partial charge is 0.372 e. The lowest BCUT2D eigenvalue weighted by atomic mass is 10.0. The summed E-state index contributed by atoms with van der Waals surface area (Å²) in [6, 6.07) is 2.43. The van der Waals surface area contributed by atoms with Gasteiger partial charge in [0.05, 0.1) is 23.6 Å². The molecule has 24 heavy (non-hydrogen) atoms. The van der Waals surface area contributed by atoms with Crippen LogP contribution in [0.2, 0.25) is 0 Å². The Morgan fingerprint density at radius 2 is 2.33 bits per heavy atom. The standard InChI is InChI=1S/C17H21N5OS/c1-3-15-20-16(12-5-7-24-17(12)21-15)19-11-4-6-23-14(8-11)13-9-18-10-22(13)2/h5,7,9-11,14H,3-4,6,8H2,1-2H3,(H,19,20,21)/t11-,14-/m0/s1. The number of nitrogens with zero attached hydrogens (tertiary/aromatic N) is 4. The SMILES string of the molecule is CCc1nc(N[C@H]2CCO[C@H](c3cncn3C)C2)c2ccsc2n1. The van der Waals surface area contributed by atoms with Gasteiger partial charge in [-0.25, -0.2) is 15.0 Å². The highest BCUT2D eigenvalue weighted by Gasteiger charge is 2.26. The summed E-state index contributed by atoms with van der Waals surface area (Å²) in [5.74, 6) is 1.84.